The van der Waals surface area contributed by atoms with Crippen molar-refractivity contribution < 1.29 is 9.53 Å². The molecule has 2 aromatic carbocycles. The summed E-state index contributed by atoms with van der Waals surface area (Å²) >= 11 is 6.04. The first-order valence-corrected chi connectivity index (χ1v) is 7.44. The van der Waals surface area contributed by atoms with E-state index in [4.69, 9.17) is 16.3 Å². The third-order valence-corrected chi connectivity index (χ3v) is 3.70. The molecule has 0 fully saturated rings. The molecule has 0 heterocycles. The molecule has 22 heavy (non-hydrogen) atoms. The molecule has 4 heteroatoms. The fraction of sp³-hybridized carbons (Fsp3) is 0.278. The van der Waals surface area contributed by atoms with Gasteiger partial charge in [-0.15, -0.1) is 0 Å². The van der Waals surface area contributed by atoms with Crippen molar-refractivity contribution in [2.45, 2.75) is 20.4 Å². The van der Waals surface area contributed by atoms with Crippen LogP contribution in [0.1, 0.15) is 27.0 Å². The van der Waals surface area contributed by atoms with Gasteiger partial charge in [-0.1, -0.05) is 28.8 Å². The molecular weight excluding hydrogens is 298 g/mol. The average Bonchev–Trinajstić information content (AvgIpc) is 2.45. The summed E-state index contributed by atoms with van der Waals surface area (Å²) in [5.74, 6) is 0.707. The standard InChI is InChI=1S/C18H20ClNO2/c1-12-7-13(2)9-14(8-12)18(21)20(3)11-15-10-16(19)5-6-17(15)22-4/h5-10H,11H2,1-4H3. The lowest BCUT2D eigenvalue weighted by Gasteiger charge is -2.19. The highest BCUT2D eigenvalue weighted by Gasteiger charge is 2.15. The number of aryl methyl sites for hydroxylation is 2. The van der Waals surface area contributed by atoms with Crippen LogP contribution in [0, 0.1) is 13.8 Å². The van der Waals surface area contributed by atoms with E-state index >= 15 is 0 Å². The summed E-state index contributed by atoms with van der Waals surface area (Å²) in [7, 11) is 3.39. The van der Waals surface area contributed by atoms with Crippen molar-refractivity contribution in [2.24, 2.45) is 0 Å². The van der Waals surface area contributed by atoms with Crippen LogP contribution >= 0.6 is 11.6 Å². The lowest BCUT2D eigenvalue weighted by atomic mass is 10.1. The third kappa shape index (κ3) is 3.80. The SMILES string of the molecule is COc1ccc(Cl)cc1CN(C)C(=O)c1cc(C)cc(C)c1. The number of ether oxygens (including phenoxy) is 1. The minimum atomic E-state index is -0.0196. The number of rotatable bonds is 4. The molecule has 0 N–H and O–H groups in total. The molecule has 3 nitrogen and oxygen atoms in total. The average molecular weight is 318 g/mol. The van der Waals surface area contributed by atoms with Gasteiger partial charge in [0.05, 0.1) is 7.11 Å². The molecule has 0 aliphatic rings. The third-order valence-electron chi connectivity index (χ3n) is 3.47. The van der Waals surface area contributed by atoms with E-state index in [9.17, 15) is 4.79 Å². The molecule has 0 aromatic heterocycles. The van der Waals surface area contributed by atoms with E-state index < -0.39 is 0 Å². The molecule has 0 aliphatic carbocycles. The van der Waals surface area contributed by atoms with Gasteiger partial charge in [-0.3, -0.25) is 4.79 Å². The summed E-state index contributed by atoms with van der Waals surface area (Å²) in [5.41, 5.74) is 3.74. The first-order chi connectivity index (χ1) is 10.4. The van der Waals surface area contributed by atoms with Crippen LogP contribution in [0.25, 0.3) is 0 Å². The van der Waals surface area contributed by atoms with Crippen molar-refractivity contribution in [3.63, 3.8) is 0 Å². The number of hydrogen-bond acceptors (Lipinski definition) is 2. The van der Waals surface area contributed by atoms with Gasteiger partial charge in [0, 0.05) is 29.7 Å². The molecule has 116 valence electrons. The predicted octanol–water partition coefficient (Wildman–Crippen LogP) is 4.24. The number of hydrogen-bond donors (Lipinski definition) is 0. The fourth-order valence-corrected chi connectivity index (χ4v) is 2.71. The Morgan fingerprint density at radius 2 is 1.77 bits per heavy atom. The van der Waals surface area contributed by atoms with Gasteiger partial charge < -0.3 is 9.64 Å². The number of carbonyl (C=O) groups is 1. The molecule has 2 rings (SSSR count). The molecule has 0 radical (unpaired) electrons. The summed E-state index contributed by atoms with van der Waals surface area (Å²) < 4.78 is 5.33. The van der Waals surface area contributed by atoms with E-state index in [1.807, 2.05) is 38.1 Å². The van der Waals surface area contributed by atoms with E-state index in [2.05, 4.69) is 6.07 Å². The molecule has 0 unspecified atom stereocenters. The fourth-order valence-electron chi connectivity index (χ4n) is 2.52. The number of nitrogens with zero attached hydrogens (tertiary/aromatic N) is 1. The lowest BCUT2D eigenvalue weighted by molar-refractivity contribution is 0.0784. The maximum absolute atomic E-state index is 12.6. The summed E-state index contributed by atoms with van der Waals surface area (Å²) in [6.45, 7) is 4.42. The van der Waals surface area contributed by atoms with Crippen LogP contribution in [-0.4, -0.2) is 25.0 Å². The Bertz CT molecular complexity index is 677. The molecule has 0 bridgehead atoms. The first kappa shape index (κ1) is 16.4. The second-order valence-electron chi connectivity index (χ2n) is 5.49. The lowest BCUT2D eigenvalue weighted by Crippen LogP contribution is -2.26. The minimum Gasteiger partial charge on any atom is -0.496 e. The maximum atomic E-state index is 12.6. The Balaban J connectivity index is 2.23. The van der Waals surface area contributed by atoms with Gasteiger partial charge in [0.15, 0.2) is 0 Å². The van der Waals surface area contributed by atoms with Crippen LogP contribution in [0.4, 0.5) is 0 Å². The number of carbonyl (C=O) groups excluding carboxylic acids is 1. The quantitative estimate of drug-likeness (QED) is 0.844. The van der Waals surface area contributed by atoms with Gasteiger partial charge >= 0.3 is 0 Å². The van der Waals surface area contributed by atoms with E-state index in [1.165, 1.54) is 0 Å². The minimum absolute atomic E-state index is 0.0196. The molecule has 0 saturated carbocycles. The molecule has 0 saturated heterocycles. The highest BCUT2D eigenvalue weighted by molar-refractivity contribution is 6.30. The summed E-state index contributed by atoms with van der Waals surface area (Å²) in [5, 5.41) is 0.628. The highest BCUT2D eigenvalue weighted by atomic mass is 35.5. The van der Waals surface area contributed by atoms with Crippen LogP contribution in [0.2, 0.25) is 5.02 Å². The summed E-state index contributed by atoms with van der Waals surface area (Å²) in [6.07, 6.45) is 0. The van der Waals surface area contributed by atoms with Crippen LogP contribution in [-0.2, 0) is 6.54 Å². The van der Waals surface area contributed by atoms with E-state index in [0.717, 1.165) is 22.4 Å². The van der Waals surface area contributed by atoms with Crippen molar-refractivity contribution in [3.05, 3.63) is 63.7 Å². The van der Waals surface area contributed by atoms with E-state index in [0.29, 0.717) is 17.1 Å². The van der Waals surface area contributed by atoms with Gasteiger partial charge in [-0.25, -0.2) is 0 Å². The molecule has 2 aromatic rings. The van der Waals surface area contributed by atoms with Crippen molar-refractivity contribution in [1.82, 2.24) is 4.90 Å². The van der Waals surface area contributed by atoms with Crippen molar-refractivity contribution in [2.75, 3.05) is 14.2 Å². The monoisotopic (exact) mass is 317 g/mol. The Kier molecular flexibility index (Phi) is 5.09. The van der Waals surface area contributed by atoms with Gasteiger partial charge in [0.25, 0.3) is 5.91 Å². The first-order valence-electron chi connectivity index (χ1n) is 7.07. The van der Waals surface area contributed by atoms with Gasteiger partial charge in [-0.05, 0) is 44.2 Å². The van der Waals surface area contributed by atoms with Crippen LogP contribution in [0.3, 0.4) is 0 Å². The zero-order valence-corrected chi connectivity index (χ0v) is 14.1. The van der Waals surface area contributed by atoms with Gasteiger partial charge in [-0.2, -0.15) is 0 Å². The Labute approximate surface area is 136 Å². The molecule has 0 aliphatic heterocycles. The van der Waals surface area contributed by atoms with Gasteiger partial charge in [0.1, 0.15) is 5.75 Å². The Morgan fingerprint density at radius 1 is 1.14 bits per heavy atom. The van der Waals surface area contributed by atoms with Crippen LogP contribution in [0.5, 0.6) is 5.75 Å². The number of methoxy groups -OCH3 is 1. The number of benzene rings is 2. The number of halogens is 1. The molecule has 0 spiro atoms. The van der Waals surface area contributed by atoms with E-state index in [-0.39, 0.29) is 5.91 Å². The van der Waals surface area contributed by atoms with Gasteiger partial charge in [0.2, 0.25) is 0 Å². The second kappa shape index (κ2) is 6.84. The smallest absolute Gasteiger partial charge is 0.253 e. The number of amides is 1. The molecule has 1 amide bonds. The van der Waals surface area contributed by atoms with Crippen molar-refractivity contribution in [1.29, 1.82) is 0 Å². The Hall–Kier alpha value is -2.00. The van der Waals surface area contributed by atoms with E-state index in [1.54, 1.807) is 25.1 Å². The zero-order chi connectivity index (χ0) is 16.3. The topological polar surface area (TPSA) is 29.5 Å². The van der Waals surface area contributed by atoms with Crippen molar-refractivity contribution >= 4 is 17.5 Å². The maximum Gasteiger partial charge on any atom is 0.253 e. The highest BCUT2D eigenvalue weighted by Crippen LogP contribution is 2.24. The predicted molar refractivity (Wildman–Crippen MR) is 89.7 cm³/mol. The van der Waals surface area contributed by atoms with Crippen LogP contribution in [0.15, 0.2) is 36.4 Å². The Morgan fingerprint density at radius 3 is 2.36 bits per heavy atom. The normalized spacial score (nSPS) is 10.4. The summed E-state index contributed by atoms with van der Waals surface area (Å²) in [4.78, 5) is 14.3. The second-order valence-corrected chi connectivity index (χ2v) is 5.93. The van der Waals surface area contributed by atoms with Crippen LogP contribution < -0.4 is 4.74 Å². The summed E-state index contributed by atoms with van der Waals surface area (Å²) in [6, 6.07) is 11.3. The van der Waals surface area contributed by atoms with Crippen molar-refractivity contribution in [3.8, 4) is 5.75 Å². The largest absolute Gasteiger partial charge is 0.496 e. The molecule has 0 atom stereocenters. The zero-order valence-electron chi connectivity index (χ0n) is 13.3. The molecular formula is C18H20ClNO2.